The van der Waals surface area contributed by atoms with Crippen LogP contribution < -0.4 is 0 Å². The van der Waals surface area contributed by atoms with E-state index in [1.165, 1.54) is 0 Å². The van der Waals surface area contributed by atoms with Gasteiger partial charge >= 0.3 is 5.97 Å². The van der Waals surface area contributed by atoms with Gasteiger partial charge in [0.15, 0.2) is 0 Å². The van der Waals surface area contributed by atoms with Crippen LogP contribution in [0.25, 0.3) is 0 Å². The Bertz CT molecular complexity index is 106. The molecule has 0 saturated carbocycles. The van der Waals surface area contributed by atoms with Gasteiger partial charge in [-0.1, -0.05) is 29.5 Å². The Hall–Kier alpha value is 0.160. The molecule has 0 radical (unpaired) electrons. The molecule has 3 nitrogen and oxygen atoms in total. The smallest absolute Gasteiger partial charge is 0.298 e. The maximum atomic E-state index is 10.5. The molecule has 0 aromatic rings. The van der Waals surface area contributed by atoms with E-state index in [2.05, 4.69) is 32.4 Å². The first kappa shape index (κ1) is 11.2. The predicted octanol–water partition coefficient (Wildman–Crippen LogP) is 2.09. The third-order valence-corrected chi connectivity index (χ3v) is 1.81. The first-order valence-electron chi connectivity index (χ1n) is 3.69. The third kappa shape index (κ3) is 8.06. The molecular weight excluding hydrogens is 259 g/mol. The van der Waals surface area contributed by atoms with Crippen molar-refractivity contribution >= 4 is 28.6 Å². The van der Waals surface area contributed by atoms with Gasteiger partial charge in [-0.05, 0) is 17.3 Å². The topological polar surface area (TPSA) is 35.5 Å². The zero-order valence-electron chi connectivity index (χ0n) is 6.64. The van der Waals surface area contributed by atoms with Gasteiger partial charge < -0.3 is 0 Å². The van der Waals surface area contributed by atoms with E-state index in [-0.39, 0.29) is 5.97 Å². The zero-order chi connectivity index (χ0) is 8.53. The van der Waals surface area contributed by atoms with Gasteiger partial charge in [0.2, 0.25) is 0 Å². The predicted molar refractivity (Wildman–Crippen MR) is 50.5 cm³/mol. The second kappa shape index (κ2) is 8.26. The molecule has 0 aromatic carbocycles. The summed E-state index contributed by atoms with van der Waals surface area (Å²) in [6, 6.07) is 0. The van der Waals surface area contributed by atoms with Crippen LogP contribution in [0.3, 0.4) is 0 Å². The van der Waals surface area contributed by atoms with E-state index in [4.69, 9.17) is 0 Å². The van der Waals surface area contributed by atoms with Crippen molar-refractivity contribution in [2.24, 2.45) is 0 Å². The minimum Gasteiger partial charge on any atom is -0.298 e. The fraction of sp³-hybridized carbons (Fsp3) is 0.857. The van der Waals surface area contributed by atoms with Crippen LogP contribution in [0.5, 0.6) is 0 Å². The summed E-state index contributed by atoms with van der Waals surface area (Å²) < 4.78 is 1.11. The van der Waals surface area contributed by atoms with Crippen LogP contribution >= 0.6 is 22.6 Å². The van der Waals surface area contributed by atoms with Crippen LogP contribution in [0.4, 0.5) is 0 Å². The average Bonchev–Trinajstić information content (AvgIpc) is 2.04. The van der Waals surface area contributed by atoms with Crippen molar-refractivity contribution in [3.63, 3.8) is 0 Å². The summed E-state index contributed by atoms with van der Waals surface area (Å²) in [5, 5.41) is 0. The minimum absolute atomic E-state index is 0.306. The first-order chi connectivity index (χ1) is 5.31. The summed E-state index contributed by atoms with van der Waals surface area (Å²) in [7, 11) is 0. The lowest BCUT2D eigenvalue weighted by molar-refractivity contribution is -0.272. The highest BCUT2D eigenvalue weighted by Gasteiger charge is 1.97. The molecule has 4 heteroatoms. The first-order valence-corrected chi connectivity index (χ1v) is 5.22. The molecule has 0 bridgehead atoms. The largest absolute Gasteiger partial charge is 0.342 e. The molecule has 0 unspecified atom stereocenters. The van der Waals surface area contributed by atoms with Gasteiger partial charge in [0.1, 0.15) is 0 Å². The number of hydrogen-bond acceptors (Lipinski definition) is 3. The normalized spacial score (nSPS) is 9.64. The number of hydrogen-bond donors (Lipinski definition) is 0. The van der Waals surface area contributed by atoms with Crippen molar-refractivity contribution in [1.82, 2.24) is 0 Å². The SMILES string of the molecule is CCC(=O)OOCCCCI. The number of unbranched alkanes of at least 4 members (excludes halogenated alkanes) is 1. The minimum atomic E-state index is -0.306. The Morgan fingerprint density at radius 1 is 1.45 bits per heavy atom. The van der Waals surface area contributed by atoms with Crippen molar-refractivity contribution in [3.05, 3.63) is 0 Å². The Labute approximate surface area is 80.5 Å². The van der Waals surface area contributed by atoms with Crippen molar-refractivity contribution in [1.29, 1.82) is 0 Å². The molecule has 0 saturated heterocycles. The Kier molecular flexibility index (Phi) is 8.38. The number of halogens is 1. The van der Waals surface area contributed by atoms with E-state index in [0.717, 1.165) is 17.3 Å². The van der Waals surface area contributed by atoms with Crippen LogP contribution in [0.1, 0.15) is 26.2 Å². The molecule has 0 aliphatic heterocycles. The van der Waals surface area contributed by atoms with Crippen molar-refractivity contribution in [3.8, 4) is 0 Å². The fourth-order valence-electron chi connectivity index (χ4n) is 0.422. The molecule has 0 rings (SSSR count). The average molecular weight is 272 g/mol. The quantitative estimate of drug-likeness (QED) is 0.244. The molecule has 0 amide bonds. The van der Waals surface area contributed by atoms with E-state index in [9.17, 15) is 4.79 Å². The maximum absolute atomic E-state index is 10.5. The summed E-state index contributed by atoms with van der Waals surface area (Å²) in [4.78, 5) is 19.5. The fourth-order valence-corrected chi connectivity index (χ4v) is 0.961. The van der Waals surface area contributed by atoms with Crippen LogP contribution in [-0.4, -0.2) is 17.0 Å². The Balaban J connectivity index is 2.95. The highest BCUT2D eigenvalue weighted by atomic mass is 127. The molecule has 0 N–H and O–H groups in total. The van der Waals surface area contributed by atoms with Crippen LogP contribution in [-0.2, 0) is 14.6 Å². The molecule has 0 fully saturated rings. The number of carbonyl (C=O) groups excluding carboxylic acids is 1. The zero-order valence-corrected chi connectivity index (χ0v) is 8.80. The van der Waals surface area contributed by atoms with Gasteiger partial charge in [-0.25, -0.2) is 4.79 Å². The third-order valence-electron chi connectivity index (χ3n) is 1.05. The van der Waals surface area contributed by atoms with Gasteiger partial charge in [0.25, 0.3) is 0 Å². The highest BCUT2D eigenvalue weighted by Crippen LogP contribution is 1.95. The monoisotopic (exact) mass is 272 g/mol. The van der Waals surface area contributed by atoms with E-state index >= 15 is 0 Å². The van der Waals surface area contributed by atoms with Crippen molar-refractivity contribution < 1.29 is 14.6 Å². The number of carbonyl (C=O) groups is 1. The number of rotatable bonds is 6. The molecule has 11 heavy (non-hydrogen) atoms. The van der Waals surface area contributed by atoms with Gasteiger partial charge in [-0.3, -0.25) is 4.89 Å². The van der Waals surface area contributed by atoms with E-state index in [1.807, 2.05) is 0 Å². The summed E-state index contributed by atoms with van der Waals surface area (Å²) in [5.74, 6) is -0.306. The molecule has 0 heterocycles. The second-order valence-electron chi connectivity index (χ2n) is 2.03. The van der Waals surface area contributed by atoms with Crippen LogP contribution in [0.2, 0.25) is 0 Å². The Morgan fingerprint density at radius 3 is 2.73 bits per heavy atom. The van der Waals surface area contributed by atoms with Gasteiger partial charge in [-0.2, -0.15) is 4.89 Å². The van der Waals surface area contributed by atoms with Gasteiger partial charge in [-0.15, -0.1) is 0 Å². The standard InChI is InChI=1S/C7H13IO3/c1-2-7(9)11-10-6-4-3-5-8/h2-6H2,1H3. The lowest BCUT2D eigenvalue weighted by Crippen LogP contribution is -2.04. The van der Waals surface area contributed by atoms with Crippen molar-refractivity contribution in [2.75, 3.05) is 11.0 Å². The summed E-state index contributed by atoms with van der Waals surface area (Å²) >= 11 is 2.30. The Morgan fingerprint density at radius 2 is 2.18 bits per heavy atom. The van der Waals surface area contributed by atoms with Crippen LogP contribution in [0, 0.1) is 0 Å². The molecular formula is C7H13IO3. The van der Waals surface area contributed by atoms with E-state index in [0.29, 0.717) is 13.0 Å². The second-order valence-corrected chi connectivity index (χ2v) is 3.11. The molecule has 0 aromatic heterocycles. The van der Waals surface area contributed by atoms with Gasteiger partial charge in [0.05, 0.1) is 6.61 Å². The van der Waals surface area contributed by atoms with Crippen LogP contribution in [0.15, 0.2) is 0 Å². The highest BCUT2D eigenvalue weighted by molar-refractivity contribution is 14.1. The molecule has 0 aliphatic carbocycles. The lowest BCUT2D eigenvalue weighted by Gasteiger charge is -2.00. The molecule has 0 aliphatic rings. The van der Waals surface area contributed by atoms with E-state index < -0.39 is 0 Å². The molecule has 0 atom stereocenters. The number of alkyl halides is 1. The van der Waals surface area contributed by atoms with Crippen molar-refractivity contribution in [2.45, 2.75) is 26.2 Å². The molecule has 0 spiro atoms. The van der Waals surface area contributed by atoms with E-state index in [1.54, 1.807) is 6.92 Å². The summed E-state index contributed by atoms with van der Waals surface area (Å²) in [6.07, 6.45) is 2.41. The van der Waals surface area contributed by atoms with Gasteiger partial charge in [0, 0.05) is 6.42 Å². The lowest BCUT2D eigenvalue weighted by atomic mass is 10.4. The summed E-state index contributed by atoms with van der Waals surface area (Å²) in [6.45, 7) is 2.24. The maximum Gasteiger partial charge on any atom is 0.342 e. The molecule has 66 valence electrons. The summed E-state index contributed by atoms with van der Waals surface area (Å²) in [5.41, 5.74) is 0.